The number of carbonyl (C=O) groups is 1. The van der Waals surface area contributed by atoms with Gasteiger partial charge in [0.25, 0.3) is 0 Å². The van der Waals surface area contributed by atoms with Gasteiger partial charge in [0.05, 0.1) is 6.07 Å². The maximum absolute atomic E-state index is 12.6. The van der Waals surface area contributed by atoms with E-state index < -0.39 is 23.8 Å². The van der Waals surface area contributed by atoms with E-state index in [0.717, 1.165) is 18.4 Å². The van der Waals surface area contributed by atoms with Crippen molar-refractivity contribution in [2.24, 2.45) is 5.73 Å². The third-order valence-electron chi connectivity index (χ3n) is 3.90. The van der Waals surface area contributed by atoms with Crippen molar-refractivity contribution in [1.82, 2.24) is 4.90 Å². The molecule has 1 rings (SSSR count). The molecule has 26 heavy (non-hydrogen) atoms. The summed E-state index contributed by atoms with van der Waals surface area (Å²) in [6.07, 6.45) is 2.52. The van der Waals surface area contributed by atoms with Crippen LogP contribution in [0.2, 0.25) is 5.02 Å². The van der Waals surface area contributed by atoms with Crippen LogP contribution in [0.3, 0.4) is 0 Å². The van der Waals surface area contributed by atoms with E-state index in [-0.39, 0.29) is 0 Å². The molecule has 2 N–H and O–H groups in total. The Morgan fingerprint density at radius 3 is 2.46 bits per heavy atom. The predicted octanol–water partition coefficient (Wildman–Crippen LogP) is 4.53. The molecule has 2 unspecified atom stereocenters. The van der Waals surface area contributed by atoms with E-state index in [2.05, 4.69) is 6.07 Å². The zero-order chi connectivity index (χ0) is 19.7. The number of amides is 1. The molecule has 0 aliphatic heterocycles. The van der Waals surface area contributed by atoms with Gasteiger partial charge in [0.1, 0.15) is 11.6 Å². The second kappa shape index (κ2) is 10.4. The highest BCUT2D eigenvalue weighted by Gasteiger charge is 2.31. The fraction of sp³-hybridized carbons (Fsp3) is 0.600. The zero-order valence-corrected chi connectivity index (χ0v) is 16.9. The van der Waals surface area contributed by atoms with E-state index in [4.69, 9.17) is 22.1 Å². The van der Waals surface area contributed by atoms with Crippen LogP contribution in [-0.2, 0) is 11.2 Å². The Labute approximate surface area is 162 Å². The molecule has 0 aromatic heterocycles. The van der Waals surface area contributed by atoms with Crippen LogP contribution >= 0.6 is 11.6 Å². The number of aryl methyl sites for hydroxylation is 1. The van der Waals surface area contributed by atoms with E-state index in [1.807, 2.05) is 52.0 Å². The SMILES string of the molecule is CCCC(N)C(C#N)N(CCCc1ccc(Cl)cc1)C(=O)OC(C)(C)C. The summed E-state index contributed by atoms with van der Waals surface area (Å²) >= 11 is 5.90. The third kappa shape index (κ3) is 7.63. The normalized spacial score (nSPS) is 13.6. The van der Waals surface area contributed by atoms with E-state index in [0.29, 0.717) is 24.4 Å². The Morgan fingerprint density at radius 1 is 1.35 bits per heavy atom. The predicted molar refractivity (Wildman–Crippen MR) is 105 cm³/mol. The Morgan fingerprint density at radius 2 is 1.96 bits per heavy atom. The lowest BCUT2D eigenvalue weighted by molar-refractivity contribution is 0.0180. The second-order valence-corrected chi connectivity index (χ2v) is 7.87. The molecule has 1 aromatic rings. The maximum Gasteiger partial charge on any atom is 0.411 e. The molecule has 5 nitrogen and oxygen atoms in total. The number of nitriles is 1. The summed E-state index contributed by atoms with van der Waals surface area (Å²) in [7, 11) is 0. The molecule has 0 saturated heterocycles. The van der Waals surface area contributed by atoms with Crippen LogP contribution in [0.1, 0.15) is 52.5 Å². The molecule has 2 atom stereocenters. The quantitative estimate of drug-likeness (QED) is 0.719. The first kappa shape index (κ1) is 22.3. The van der Waals surface area contributed by atoms with Crippen molar-refractivity contribution in [3.8, 4) is 6.07 Å². The van der Waals surface area contributed by atoms with Crippen LogP contribution in [0.25, 0.3) is 0 Å². The van der Waals surface area contributed by atoms with Gasteiger partial charge in [-0.15, -0.1) is 0 Å². The molecule has 0 radical (unpaired) electrons. The number of nitrogens with zero attached hydrogens (tertiary/aromatic N) is 2. The smallest absolute Gasteiger partial charge is 0.411 e. The van der Waals surface area contributed by atoms with Crippen molar-refractivity contribution in [2.75, 3.05) is 6.54 Å². The van der Waals surface area contributed by atoms with Gasteiger partial charge in [0.2, 0.25) is 0 Å². The van der Waals surface area contributed by atoms with Gasteiger partial charge in [-0.05, 0) is 57.7 Å². The molecule has 0 bridgehead atoms. The second-order valence-electron chi connectivity index (χ2n) is 7.43. The van der Waals surface area contributed by atoms with Gasteiger partial charge in [-0.3, -0.25) is 4.90 Å². The highest BCUT2D eigenvalue weighted by Crippen LogP contribution is 2.17. The summed E-state index contributed by atoms with van der Waals surface area (Å²) in [4.78, 5) is 14.1. The number of benzene rings is 1. The summed E-state index contributed by atoms with van der Waals surface area (Å²) < 4.78 is 5.49. The zero-order valence-electron chi connectivity index (χ0n) is 16.2. The van der Waals surface area contributed by atoms with Gasteiger partial charge in [-0.1, -0.05) is 37.1 Å². The van der Waals surface area contributed by atoms with Crippen molar-refractivity contribution in [2.45, 2.75) is 71.1 Å². The number of hydrogen-bond acceptors (Lipinski definition) is 4. The highest BCUT2D eigenvalue weighted by atomic mass is 35.5. The molecule has 0 spiro atoms. The first-order valence-electron chi connectivity index (χ1n) is 9.07. The van der Waals surface area contributed by atoms with Gasteiger partial charge in [-0.2, -0.15) is 5.26 Å². The molecule has 1 aromatic carbocycles. The summed E-state index contributed by atoms with van der Waals surface area (Å²) in [6.45, 7) is 7.85. The van der Waals surface area contributed by atoms with E-state index in [1.54, 1.807) is 0 Å². The van der Waals surface area contributed by atoms with Crippen LogP contribution in [0.5, 0.6) is 0 Å². The number of rotatable bonds is 8. The van der Waals surface area contributed by atoms with Gasteiger partial charge in [0, 0.05) is 17.6 Å². The number of halogens is 1. The number of nitrogens with two attached hydrogens (primary N) is 1. The number of carbonyl (C=O) groups excluding carboxylic acids is 1. The van der Waals surface area contributed by atoms with Crippen LogP contribution in [-0.4, -0.2) is 35.2 Å². The summed E-state index contributed by atoms with van der Waals surface area (Å²) in [5, 5.41) is 10.3. The minimum absolute atomic E-state index is 0.395. The molecule has 0 aliphatic carbocycles. The first-order valence-corrected chi connectivity index (χ1v) is 9.45. The number of hydrogen-bond donors (Lipinski definition) is 1. The summed E-state index contributed by atoms with van der Waals surface area (Å²) in [6, 6.07) is 8.71. The Kier molecular flexibility index (Phi) is 8.91. The molecule has 1 amide bonds. The first-order chi connectivity index (χ1) is 12.2. The lowest BCUT2D eigenvalue weighted by Crippen LogP contribution is -2.51. The van der Waals surface area contributed by atoms with E-state index in [1.165, 1.54) is 4.90 Å². The van der Waals surface area contributed by atoms with Crippen molar-refractivity contribution in [3.05, 3.63) is 34.9 Å². The van der Waals surface area contributed by atoms with Crippen molar-refractivity contribution < 1.29 is 9.53 Å². The van der Waals surface area contributed by atoms with Crippen molar-refractivity contribution >= 4 is 17.7 Å². The minimum atomic E-state index is -0.699. The van der Waals surface area contributed by atoms with Crippen molar-refractivity contribution in [3.63, 3.8) is 0 Å². The van der Waals surface area contributed by atoms with Crippen LogP contribution in [0.15, 0.2) is 24.3 Å². The lowest BCUT2D eigenvalue weighted by Gasteiger charge is -2.33. The van der Waals surface area contributed by atoms with Crippen LogP contribution in [0, 0.1) is 11.3 Å². The lowest BCUT2D eigenvalue weighted by atomic mass is 10.0. The topological polar surface area (TPSA) is 79.4 Å². The maximum atomic E-state index is 12.6. The third-order valence-corrected chi connectivity index (χ3v) is 4.15. The fourth-order valence-electron chi connectivity index (χ4n) is 2.66. The van der Waals surface area contributed by atoms with E-state index >= 15 is 0 Å². The van der Waals surface area contributed by atoms with Crippen LogP contribution in [0.4, 0.5) is 4.79 Å². The molecular weight excluding hydrogens is 350 g/mol. The molecular formula is C20H30ClN3O2. The summed E-state index contributed by atoms with van der Waals surface area (Å²) in [5.74, 6) is 0. The summed E-state index contributed by atoms with van der Waals surface area (Å²) in [5.41, 5.74) is 6.66. The molecule has 144 valence electrons. The molecule has 0 aliphatic rings. The number of ether oxygens (including phenoxy) is 1. The largest absolute Gasteiger partial charge is 0.444 e. The van der Waals surface area contributed by atoms with Crippen LogP contribution < -0.4 is 5.73 Å². The molecule has 0 heterocycles. The van der Waals surface area contributed by atoms with Gasteiger partial charge >= 0.3 is 6.09 Å². The Bertz CT molecular complexity index is 605. The van der Waals surface area contributed by atoms with Gasteiger partial charge in [0.15, 0.2) is 0 Å². The minimum Gasteiger partial charge on any atom is -0.444 e. The monoisotopic (exact) mass is 379 g/mol. The standard InChI is InChI=1S/C20H30ClN3O2/c1-5-7-17(23)18(14-22)24(19(25)26-20(2,3)4)13-6-8-15-9-11-16(21)12-10-15/h9-12,17-18H,5-8,13,23H2,1-4H3. The fourth-order valence-corrected chi connectivity index (χ4v) is 2.78. The average molecular weight is 380 g/mol. The van der Waals surface area contributed by atoms with Gasteiger partial charge in [-0.25, -0.2) is 4.79 Å². The average Bonchev–Trinajstić information content (AvgIpc) is 2.54. The van der Waals surface area contributed by atoms with E-state index in [9.17, 15) is 10.1 Å². The van der Waals surface area contributed by atoms with Gasteiger partial charge < -0.3 is 10.5 Å². The Hall–Kier alpha value is -1.77. The van der Waals surface area contributed by atoms with Crippen molar-refractivity contribution in [1.29, 1.82) is 5.26 Å². The Balaban J connectivity index is 2.83. The highest BCUT2D eigenvalue weighted by molar-refractivity contribution is 6.30. The molecule has 6 heteroatoms. The molecule has 0 fully saturated rings. The molecule has 0 saturated carbocycles.